The lowest BCUT2D eigenvalue weighted by Gasteiger charge is -2.19. The van der Waals surface area contributed by atoms with Crippen LogP contribution in [0.3, 0.4) is 0 Å². The molecule has 0 aromatic carbocycles. The average Bonchev–Trinajstić information content (AvgIpc) is 2.50. The highest BCUT2D eigenvalue weighted by molar-refractivity contribution is 5.95. The third-order valence-corrected chi connectivity index (χ3v) is 2.31. The standard InChI is InChI=1S/C11H15NO4/c1-7(13)12(8(2)14)10-5-4-6-11(10)16-9(3)15/h4-6H2,1-3H3. The molecule has 0 fully saturated rings. The number of esters is 1. The highest BCUT2D eigenvalue weighted by Crippen LogP contribution is 2.29. The number of ether oxygens (including phenoxy) is 1. The number of rotatable bonds is 2. The van der Waals surface area contributed by atoms with Gasteiger partial charge in [-0.15, -0.1) is 0 Å². The van der Waals surface area contributed by atoms with Crippen molar-refractivity contribution in [1.82, 2.24) is 4.90 Å². The Morgan fingerprint density at radius 2 is 1.62 bits per heavy atom. The molecule has 0 radical (unpaired) electrons. The Labute approximate surface area is 94.1 Å². The van der Waals surface area contributed by atoms with Crippen molar-refractivity contribution >= 4 is 17.8 Å². The smallest absolute Gasteiger partial charge is 0.307 e. The van der Waals surface area contributed by atoms with Crippen LogP contribution in [0.25, 0.3) is 0 Å². The van der Waals surface area contributed by atoms with Crippen LogP contribution in [0.15, 0.2) is 11.5 Å². The van der Waals surface area contributed by atoms with E-state index in [4.69, 9.17) is 4.74 Å². The van der Waals surface area contributed by atoms with Crippen LogP contribution in [0.2, 0.25) is 0 Å². The molecule has 5 heteroatoms. The van der Waals surface area contributed by atoms with E-state index in [1.54, 1.807) is 0 Å². The third kappa shape index (κ3) is 2.68. The molecule has 5 nitrogen and oxygen atoms in total. The van der Waals surface area contributed by atoms with Crippen molar-refractivity contribution in [3.63, 3.8) is 0 Å². The van der Waals surface area contributed by atoms with E-state index in [0.717, 1.165) is 11.3 Å². The maximum Gasteiger partial charge on any atom is 0.307 e. The van der Waals surface area contributed by atoms with Crippen molar-refractivity contribution < 1.29 is 19.1 Å². The van der Waals surface area contributed by atoms with Crippen molar-refractivity contribution in [3.8, 4) is 0 Å². The minimum absolute atomic E-state index is 0.353. The zero-order chi connectivity index (χ0) is 12.3. The fourth-order valence-corrected chi connectivity index (χ4v) is 1.82. The quantitative estimate of drug-likeness (QED) is 0.665. The number of hydrogen-bond acceptors (Lipinski definition) is 4. The van der Waals surface area contributed by atoms with Crippen LogP contribution in [-0.4, -0.2) is 22.7 Å². The van der Waals surface area contributed by atoms with E-state index < -0.39 is 5.97 Å². The van der Waals surface area contributed by atoms with Crippen LogP contribution in [0.4, 0.5) is 0 Å². The number of allylic oxidation sites excluding steroid dienone is 2. The van der Waals surface area contributed by atoms with Crippen LogP contribution in [0.1, 0.15) is 40.0 Å². The second-order valence-electron chi connectivity index (χ2n) is 3.69. The summed E-state index contributed by atoms with van der Waals surface area (Å²) in [7, 11) is 0. The zero-order valence-electron chi connectivity index (χ0n) is 9.70. The van der Waals surface area contributed by atoms with Gasteiger partial charge in [0.25, 0.3) is 0 Å². The third-order valence-electron chi connectivity index (χ3n) is 2.31. The summed E-state index contributed by atoms with van der Waals surface area (Å²) in [6.07, 6.45) is 1.96. The Morgan fingerprint density at radius 1 is 1.06 bits per heavy atom. The van der Waals surface area contributed by atoms with Crippen molar-refractivity contribution in [1.29, 1.82) is 0 Å². The first kappa shape index (κ1) is 12.4. The van der Waals surface area contributed by atoms with Gasteiger partial charge in [-0.05, 0) is 12.8 Å². The Hall–Kier alpha value is -1.65. The highest BCUT2D eigenvalue weighted by Gasteiger charge is 2.27. The molecule has 1 rings (SSSR count). The van der Waals surface area contributed by atoms with Gasteiger partial charge in [0.05, 0.1) is 5.70 Å². The Kier molecular flexibility index (Phi) is 3.82. The molecule has 0 N–H and O–H groups in total. The summed E-state index contributed by atoms with van der Waals surface area (Å²) >= 11 is 0. The predicted octanol–water partition coefficient (Wildman–Crippen LogP) is 1.34. The molecule has 0 unspecified atom stereocenters. The SMILES string of the molecule is CC(=O)OC1=C(N(C(C)=O)C(C)=O)CCC1. The van der Waals surface area contributed by atoms with Crippen LogP contribution in [-0.2, 0) is 19.1 Å². The number of carbonyl (C=O) groups is 3. The Balaban J connectivity index is 3.01. The Bertz CT molecular complexity index is 356. The summed E-state index contributed by atoms with van der Waals surface area (Å²) in [6, 6.07) is 0. The monoisotopic (exact) mass is 225 g/mol. The first-order valence-electron chi connectivity index (χ1n) is 5.15. The predicted molar refractivity (Wildman–Crippen MR) is 55.8 cm³/mol. The van der Waals surface area contributed by atoms with Gasteiger partial charge in [-0.25, -0.2) is 0 Å². The first-order valence-corrected chi connectivity index (χ1v) is 5.15. The summed E-state index contributed by atoms with van der Waals surface area (Å²) in [6.45, 7) is 3.94. The summed E-state index contributed by atoms with van der Waals surface area (Å²) < 4.78 is 5.00. The second kappa shape index (κ2) is 4.92. The van der Waals surface area contributed by atoms with Gasteiger partial charge in [0, 0.05) is 27.2 Å². The molecular formula is C11H15NO4. The molecule has 2 amide bonds. The normalized spacial score (nSPS) is 14.9. The van der Waals surface area contributed by atoms with Gasteiger partial charge < -0.3 is 4.74 Å². The number of hydrogen-bond donors (Lipinski definition) is 0. The van der Waals surface area contributed by atoms with E-state index >= 15 is 0 Å². The maximum absolute atomic E-state index is 11.3. The topological polar surface area (TPSA) is 63.7 Å². The van der Waals surface area contributed by atoms with Gasteiger partial charge >= 0.3 is 5.97 Å². The van der Waals surface area contributed by atoms with Crippen LogP contribution in [0.5, 0.6) is 0 Å². The summed E-state index contributed by atoms with van der Waals surface area (Å²) in [5, 5.41) is 0. The largest absolute Gasteiger partial charge is 0.429 e. The molecule has 0 saturated heterocycles. The Morgan fingerprint density at radius 3 is 2.06 bits per heavy atom. The number of carbonyl (C=O) groups excluding carboxylic acids is 3. The van der Waals surface area contributed by atoms with E-state index in [1.165, 1.54) is 20.8 Å². The molecule has 88 valence electrons. The molecule has 0 atom stereocenters. The van der Waals surface area contributed by atoms with Crippen molar-refractivity contribution in [2.24, 2.45) is 0 Å². The van der Waals surface area contributed by atoms with E-state index in [9.17, 15) is 14.4 Å². The number of imide groups is 1. The molecule has 1 aliphatic carbocycles. The first-order chi connectivity index (χ1) is 7.43. The van der Waals surface area contributed by atoms with Crippen LogP contribution in [0, 0.1) is 0 Å². The molecule has 0 aliphatic heterocycles. The fraction of sp³-hybridized carbons (Fsp3) is 0.545. The summed E-state index contributed by atoms with van der Waals surface area (Å²) in [5.41, 5.74) is 0.523. The average molecular weight is 225 g/mol. The number of amides is 2. The van der Waals surface area contributed by atoms with Crippen molar-refractivity contribution in [3.05, 3.63) is 11.5 Å². The van der Waals surface area contributed by atoms with E-state index in [0.29, 0.717) is 24.3 Å². The molecule has 1 aliphatic rings. The van der Waals surface area contributed by atoms with Gasteiger partial charge in [0.2, 0.25) is 11.8 Å². The lowest BCUT2D eigenvalue weighted by atomic mass is 10.3. The zero-order valence-corrected chi connectivity index (χ0v) is 9.70. The van der Waals surface area contributed by atoms with Gasteiger partial charge in [-0.1, -0.05) is 0 Å². The van der Waals surface area contributed by atoms with Gasteiger partial charge in [0.1, 0.15) is 5.76 Å². The molecule has 0 aromatic heterocycles. The molecule has 0 aromatic rings. The fourth-order valence-electron chi connectivity index (χ4n) is 1.82. The summed E-state index contributed by atoms with van der Waals surface area (Å²) in [4.78, 5) is 34.6. The van der Waals surface area contributed by atoms with Crippen LogP contribution >= 0.6 is 0 Å². The lowest BCUT2D eigenvalue weighted by molar-refractivity contribution is -0.142. The van der Waals surface area contributed by atoms with Crippen molar-refractivity contribution in [2.75, 3.05) is 0 Å². The minimum atomic E-state index is -0.429. The maximum atomic E-state index is 11.3. The van der Waals surface area contributed by atoms with Crippen molar-refractivity contribution in [2.45, 2.75) is 40.0 Å². The highest BCUT2D eigenvalue weighted by atomic mass is 16.5. The van der Waals surface area contributed by atoms with Crippen LogP contribution < -0.4 is 0 Å². The number of nitrogens with zero attached hydrogens (tertiary/aromatic N) is 1. The van der Waals surface area contributed by atoms with Gasteiger partial charge in [-0.3, -0.25) is 19.3 Å². The second-order valence-corrected chi connectivity index (χ2v) is 3.69. The van der Waals surface area contributed by atoms with E-state index in [2.05, 4.69) is 0 Å². The van der Waals surface area contributed by atoms with Gasteiger partial charge in [-0.2, -0.15) is 0 Å². The van der Waals surface area contributed by atoms with Gasteiger partial charge in [0.15, 0.2) is 0 Å². The molecule has 0 saturated carbocycles. The molecule has 0 bridgehead atoms. The lowest BCUT2D eigenvalue weighted by Crippen LogP contribution is -2.32. The summed E-state index contributed by atoms with van der Waals surface area (Å²) in [5.74, 6) is -0.692. The minimum Gasteiger partial charge on any atom is -0.429 e. The molecule has 16 heavy (non-hydrogen) atoms. The van der Waals surface area contributed by atoms with E-state index in [1.807, 2.05) is 0 Å². The van der Waals surface area contributed by atoms with E-state index in [-0.39, 0.29) is 11.8 Å². The molecule has 0 heterocycles. The molecular weight excluding hydrogens is 210 g/mol. The molecule has 0 spiro atoms.